The summed E-state index contributed by atoms with van der Waals surface area (Å²) < 4.78 is 0. The molecule has 66 valence electrons. The van der Waals surface area contributed by atoms with Gasteiger partial charge in [-0.2, -0.15) is 0 Å². The molecule has 1 heteroatoms. The van der Waals surface area contributed by atoms with E-state index in [0.717, 1.165) is 6.04 Å². The van der Waals surface area contributed by atoms with Gasteiger partial charge >= 0.3 is 0 Å². The van der Waals surface area contributed by atoms with Crippen molar-refractivity contribution in [2.45, 2.75) is 52.0 Å². The van der Waals surface area contributed by atoms with Gasteiger partial charge in [0.1, 0.15) is 0 Å². The predicted octanol–water partition coefficient (Wildman–Crippen LogP) is 2.66. The van der Waals surface area contributed by atoms with Crippen molar-refractivity contribution in [2.75, 3.05) is 13.1 Å². The Morgan fingerprint density at radius 1 is 1.36 bits per heavy atom. The third-order valence-corrected chi connectivity index (χ3v) is 2.77. The summed E-state index contributed by atoms with van der Waals surface area (Å²) in [6.07, 6.45) is 6.95. The molecule has 1 nitrogen and oxygen atoms in total. The first kappa shape index (κ1) is 9.05. The van der Waals surface area contributed by atoms with Gasteiger partial charge in [-0.1, -0.05) is 20.3 Å². The van der Waals surface area contributed by atoms with Gasteiger partial charge in [-0.05, 0) is 38.8 Å². The number of rotatable bonds is 4. The molecule has 0 radical (unpaired) electrons. The number of likely N-dealkylation sites (tertiary alicyclic amines) is 1. The van der Waals surface area contributed by atoms with E-state index in [0.29, 0.717) is 0 Å². The Labute approximate surface area is 70.8 Å². The second-order valence-electron chi connectivity index (χ2n) is 3.59. The van der Waals surface area contributed by atoms with Crippen LogP contribution in [-0.4, -0.2) is 24.0 Å². The van der Waals surface area contributed by atoms with Crippen LogP contribution in [0.5, 0.6) is 0 Å². The van der Waals surface area contributed by atoms with Gasteiger partial charge in [0.25, 0.3) is 0 Å². The molecule has 1 saturated heterocycles. The van der Waals surface area contributed by atoms with Crippen LogP contribution < -0.4 is 0 Å². The minimum atomic E-state index is 0.918. The molecule has 0 amide bonds. The second kappa shape index (κ2) is 4.76. The maximum atomic E-state index is 2.67. The third kappa shape index (κ3) is 2.48. The van der Waals surface area contributed by atoms with Crippen LogP contribution in [0.25, 0.3) is 0 Å². The minimum absolute atomic E-state index is 0.918. The normalized spacial score (nSPS) is 26.2. The number of nitrogens with zero attached hydrogens (tertiary/aromatic N) is 1. The summed E-state index contributed by atoms with van der Waals surface area (Å²) in [5, 5.41) is 0. The predicted molar refractivity (Wildman–Crippen MR) is 49.8 cm³/mol. The van der Waals surface area contributed by atoms with E-state index in [4.69, 9.17) is 0 Å². The molecule has 1 heterocycles. The SMILES string of the molecule is CCCCN1CCCC1CC. The molecule has 0 aromatic carbocycles. The van der Waals surface area contributed by atoms with Crippen molar-refractivity contribution in [1.82, 2.24) is 4.90 Å². The molecule has 1 fully saturated rings. The van der Waals surface area contributed by atoms with E-state index in [2.05, 4.69) is 18.7 Å². The zero-order valence-electron chi connectivity index (χ0n) is 7.97. The first-order chi connectivity index (χ1) is 5.38. The average molecular weight is 155 g/mol. The summed E-state index contributed by atoms with van der Waals surface area (Å²) in [7, 11) is 0. The molecule has 0 saturated carbocycles. The van der Waals surface area contributed by atoms with E-state index in [1.807, 2.05) is 0 Å². The minimum Gasteiger partial charge on any atom is -0.300 e. The summed E-state index contributed by atoms with van der Waals surface area (Å²) in [5.41, 5.74) is 0. The molecule has 0 bridgehead atoms. The highest BCUT2D eigenvalue weighted by Crippen LogP contribution is 2.19. The monoisotopic (exact) mass is 155 g/mol. The van der Waals surface area contributed by atoms with Crippen LogP contribution in [0, 0.1) is 0 Å². The van der Waals surface area contributed by atoms with Crippen LogP contribution in [-0.2, 0) is 0 Å². The fraction of sp³-hybridized carbons (Fsp3) is 1.00. The van der Waals surface area contributed by atoms with Crippen molar-refractivity contribution < 1.29 is 0 Å². The molecule has 11 heavy (non-hydrogen) atoms. The van der Waals surface area contributed by atoms with Crippen molar-refractivity contribution in [2.24, 2.45) is 0 Å². The maximum Gasteiger partial charge on any atom is 0.00931 e. The van der Waals surface area contributed by atoms with E-state index in [9.17, 15) is 0 Å². The first-order valence-corrected chi connectivity index (χ1v) is 5.12. The van der Waals surface area contributed by atoms with Gasteiger partial charge in [0, 0.05) is 6.04 Å². The Morgan fingerprint density at radius 3 is 2.82 bits per heavy atom. The van der Waals surface area contributed by atoms with Crippen LogP contribution >= 0.6 is 0 Å². The summed E-state index contributed by atoms with van der Waals surface area (Å²) in [6, 6.07) is 0.918. The zero-order chi connectivity index (χ0) is 8.10. The molecule has 0 aromatic heterocycles. The molecule has 0 aromatic rings. The third-order valence-electron chi connectivity index (χ3n) is 2.77. The van der Waals surface area contributed by atoms with Gasteiger partial charge in [-0.15, -0.1) is 0 Å². The lowest BCUT2D eigenvalue weighted by atomic mass is 10.1. The quantitative estimate of drug-likeness (QED) is 0.603. The molecule has 0 N–H and O–H groups in total. The fourth-order valence-electron chi connectivity index (χ4n) is 2.01. The smallest absolute Gasteiger partial charge is 0.00931 e. The Hall–Kier alpha value is -0.0400. The van der Waals surface area contributed by atoms with Gasteiger partial charge in [-0.25, -0.2) is 0 Å². The van der Waals surface area contributed by atoms with E-state index >= 15 is 0 Å². The van der Waals surface area contributed by atoms with E-state index < -0.39 is 0 Å². The van der Waals surface area contributed by atoms with Crippen LogP contribution in [0.15, 0.2) is 0 Å². The van der Waals surface area contributed by atoms with Crippen LogP contribution in [0.1, 0.15) is 46.0 Å². The largest absolute Gasteiger partial charge is 0.300 e. The highest BCUT2D eigenvalue weighted by atomic mass is 15.2. The summed E-state index contributed by atoms with van der Waals surface area (Å²) in [5.74, 6) is 0. The second-order valence-corrected chi connectivity index (χ2v) is 3.59. The van der Waals surface area contributed by atoms with Crippen molar-refractivity contribution >= 4 is 0 Å². The molecule has 0 spiro atoms. The highest BCUT2D eigenvalue weighted by molar-refractivity contribution is 4.77. The van der Waals surface area contributed by atoms with Crippen LogP contribution in [0.4, 0.5) is 0 Å². The van der Waals surface area contributed by atoms with Gasteiger partial charge in [0.05, 0.1) is 0 Å². The van der Waals surface area contributed by atoms with Gasteiger partial charge in [0.2, 0.25) is 0 Å². The Bertz CT molecular complexity index is 101. The highest BCUT2D eigenvalue weighted by Gasteiger charge is 2.21. The lowest BCUT2D eigenvalue weighted by Crippen LogP contribution is -2.29. The molecule has 1 aliphatic rings. The average Bonchev–Trinajstić information content (AvgIpc) is 2.47. The lowest BCUT2D eigenvalue weighted by Gasteiger charge is -2.22. The van der Waals surface area contributed by atoms with E-state index in [-0.39, 0.29) is 0 Å². The molecular formula is C10H21N. The standard InChI is InChI=1S/C10H21N/c1-3-5-8-11-9-6-7-10(11)4-2/h10H,3-9H2,1-2H3. The van der Waals surface area contributed by atoms with Gasteiger partial charge in [-0.3, -0.25) is 0 Å². The topological polar surface area (TPSA) is 3.24 Å². The fourth-order valence-corrected chi connectivity index (χ4v) is 2.01. The Balaban J connectivity index is 2.20. The van der Waals surface area contributed by atoms with Crippen molar-refractivity contribution in [3.8, 4) is 0 Å². The molecule has 1 atom stereocenters. The summed E-state index contributed by atoms with van der Waals surface area (Å²) >= 11 is 0. The lowest BCUT2D eigenvalue weighted by molar-refractivity contribution is 0.245. The van der Waals surface area contributed by atoms with Crippen LogP contribution in [0.3, 0.4) is 0 Å². The van der Waals surface area contributed by atoms with E-state index in [1.165, 1.54) is 45.2 Å². The molecular weight excluding hydrogens is 134 g/mol. The number of hydrogen-bond acceptors (Lipinski definition) is 1. The molecule has 0 aliphatic carbocycles. The van der Waals surface area contributed by atoms with Gasteiger partial charge in [0.15, 0.2) is 0 Å². The van der Waals surface area contributed by atoms with Crippen molar-refractivity contribution in [1.29, 1.82) is 0 Å². The summed E-state index contributed by atoms with van der Waals surface area (Å²) in [6.45, 7) is 7.29. The van der Waals surface area contributed by atoms with E-state index in [1.54, 1.807) is 0 Å². The van der Waals surface area contributed by atoms with Crippen LogP contribution in [0.2, 0.25) is 0 Å². The molecule has 1 aliphatic heterocycles. The van der Waals surface area contributed by atoms with Crippen molar-refractivity contribution in [3.63, 3.8) is 0 Å². The van der Waals surface area contributed by atoms with Crippen molar-refractivity contribution in [3.05, 3.63) is 0 Å². The number of hydrogen-bond donors (Lipinski definition) is 0. The Morgan fingerprint density at radius 2 is 2.18 bits per heavy atom. The summed E-state index contributed by atoms with van der Waals surface area (Å²) in [4.78, 5) is 2.67. The zero-order valence-corrected chi connectivity index (χ0v) is 7.97. The molecule has 1 rings (SSSR count). The maximum absolute atomic E-state index is 2.67. The molecule has 1 unspecified atom stereocenters. The Kier molecular flexibility index (Phi) is 3.92. The number of unbranched alkanes of at least 4 members (excludes halogenated alkanes) is 1. The van der Waals surface area contributed by atoms with Gasteiger partial charge < -0.3 is 4.90 Å². The first-order valence-electron chi connectivity index (χ1n) is 5.12.